The Hall–Kier alpha value is -1.16. The highest BCUT2D eigenvalue weighted by Crippen LogP contribution is 2.20. The number of aromatic nitrogens is 2. The second-order valence-electron chi connectivity index (χ2n) is 6.11. The zero-order valence-corrected chi connectivity index (χ0v) is 13.6. The van der Waals surface area contributed by atoms with Gasteiger partial charge in [0, 0.05) is 30.9 Å². The van der Waals surface area contributed by atoms with E-state index in [1.807, 2.05) is 6.92 Å². The summed E-state index contributed by atoms with van der Waals surface area (Å²) in [6, 6.07) is 0.671. The second-order valence-corrected chi connectivity index (χ2v) is 6.11. The van der Waals surface area contributed by atoms with Crippen LogP contribution in [0.25, 0.3) is 0 Å². The number of anilines is 1. The van der Waals surface area contributed by atoms with Crippen LogP contribution >= 0.6 is 0 Å². The Labute approximate surface area is 123 Å². The Kier molecular flexibility index (Phi) is 4.97. The third kappa shape index (κ3) is 3.48. The molecule has 0 saturated carbocycles. The molecule has 1 aromatic heterocycles. The van der Waals surface area contributed by atoms with Gasteiger partial charge in [-0.25, -0.2) is 9.97 Å². The average Bonchev–Trinajstić information content (AvgIpc) is 2.93. The topological polar surface area (TPSA) is 32.3 Å². The number of likely N-dealkylation sites (tertiary alicyclic amines) is 1. The molecule has 0 aliphatic carbocycles. The minimum absolute atomic E-state index is 0.671. The Morgan fingerprint density at radius 1 is 1.15 bits per heavy atom. The Bertz CT molecular complexity index is 452. The van der Waals surface area contributed by atoms with Crippen LogP contribution in [0.2, 0.25) is 0 Å². The van der Waals surface area contributed by atoms with Crippen LogP contribution in [0.15, 0.2) is 0 Å². The molecular weight excluding hydrogens is 248 g/mol. The Balaban J connectivity index is 1.96. The minimum atomic E-state index is 0.671. The molecule has 0 spiro atoms. The van der Waals surface area contributed by atoms with E-state index in [4.69, 9.17) is 0 Å². The summed E-state index contributed by atoms with van der Waals surface area (Å²) in [5.41, 5.74) is 2.29. The quantitative estimate of drug-likeness (QED) is 0.828. The molecule has 0 radical (unpaired) electrons. The smallest absolute Gasteiger partial charge is 0.135 e. The lowest BCUT2D eigenvalue weighted by atomic mass is 10.2. The van der Waals surface area contributed by atoms with E-state index < -0.39 is 0 Å². The van der Waals surface area contributed by atoms with E-state index in [-0.39, 0.29) is 0 Å². The number of aryl methyl sites for hydroxylation is 2. The van der Waals surface area contributed by atoms with E-state index in [0.717, 1.165) is 23.9 Å². The van der Waals surface area contributed by atoms with Crippen molar-refractivity contribution < 1.29 is 0 Å². The highest BCUT2D eigenvalue weighted by atomic mass is 15.2. The lowest BCUT2D eigenvalue weighted by Crippen LogP contribution is -2.34. The lowest BCUT2D eigenvalue weighted by molar-refractivity contribution is 0.249. The maximum absolute atomic E-state index is 4.61. The molecule has 0 amide bonds. The molecular formula is C16H28N4. The first-order chi connectivity index (χ1) is 9.49. The molecule has 0 unspecified atom stereocenters. The van der Waals surface area contributed by atoms with Gasteiger partial charge in [0.05, 0.1) is 0 Å². The van der Waals surface area contributed by atoms with Crippen molar-refractivity contribution >= 4 is 5.82 Å². The van der Waals surface area contributed by atoms with E-state index >= 15 is 0 Å². The molecule has 1 fully saturated rings. The second kappa shape index (κ2) is 6.53. The van der Waals surface area contributed by atoms with Crippen LogP contribution in [0, 0.1) is 20.8 Å². The third-order valence-electron chi connectivity index (χ3n) is 4.48. The van der Waals surface area contributed by atoms with Crippen molar-refractivity contribution in [3.63, 3.8) is 0 Å². The van der Waals surface area contributed by atoms with Crippen molar-refractivity contribution in [3.05, 3.63) is 17.1 Å². The van der Waals surface area contributed by atoms with Gasteiger partial charge in [-0.3, -0.25) is 0 Å². The molecule has 1 aromatic rings. The van der Waals surface area contributed by atoms with Gasteiger partial charge in [-0.2, -0.15) is 0 Å². The maximum Gasteiger partial charge on any atom is 0.135 e. The molecule has 4 nitrogen and oxygen atoms in total. The number of hydrogen-bond acceptors (Lipinski definition) is 4. The Morgan fingerprint density at radius 3 is 2.45 bits per heavy atom. The Morgan fingerprint density at radius 2 is 1.80 bits per heavy atom. The van der Waals surface area contributed by atoms with Gasteiger partial charge in [0.2, 0.25) is 0 Å². The molecule has 0 N–H and O–H groups in total. The standard InChI is InChI=1S/C16H28N4/c1-12(20-9-6-7-10-20)8-11-19(5)16-13(2)14(3)17-15(4)18-16/h12H,6-11H2,1-5H3/t12-/m0/s1. The SMILES string of the molecule is Cc1nc(C)c(C)c(N(C)CC[C@H](C)N2CCCC2)n1. The van der Waals surface area contributed by atoms with E-state index in [2.05, 4.69) is 47.6 Å². The van der Waals surface area contributed by atoms with Gasteiger partial charge in [-0.05, 0) is 60.0 Å². The molecule has 112 valence electrons. The first-order valence-corrected chi connectivity index (χ1v) is 7.76. The minimum Gasteiger partial charge on any atom is -0.359 e. The largest absolute Gasteiger partial charge is 0.359 e. The summed E-state index contributed by atoms with van der Waals surface area (Å²) in [7, 11) is 2.14. The average molecular weight is 276 g/mol. The predicted octanol–water partition coefficient (Wildman–Crippen LogP) is 2.71. The molecule has 0 aromatic carbocycles. The summed E-state index contributed by atoms with van der Waals surface area (Å²) in [6.07, 6.45) is 3.92. The van der Waals surface area contributed by atoms with E-state index in [0.29, 0.717) is 6.04 Å². The fourth-order valence-electron chi connectivity index (χ4n) is 2.97. The molecule has 0 bridgehead atoms. The molecule has 1 aliphatic rings. The van der Waals surface area contributed by atoms with Gasteiger partial charge in [0.15, 0.2) is 0 Å². The summed E-state index contributed by atoms with van der Waals surface area (Å²) in [5, 5.41) is 0. The van der Waals surface area contributed by atoms with Gasteiger partial charge in [-0.15, -0.1) is 0 Å². The van der Waals surface area contributed by atoms with E-state index in [9.17, 15) is 0 Å². The fourth-order valence-corrected chi connectivity index (χ4v) is 2.97. The molecule has 1 saturated heterocycles. The van der Waals surface area contributed by atoms with Crippen LogP contribution in [-0.2, 0) is 0 Å². The molecule has 1 atom stereocenters. The monoisotopic (exact) mass is 276 g/mol. The number of nitrogens with zero attached hydrogens (tertiary/aromatic N) is 4. The first kappa shape index (κ1) is 15.2. The first-order valence-electron chi connectivity index (χ1n) is 7.76. The van der Waals surface area contributed by atoms with Crippen molar-refractivity contribution in [2.45, 2.75) is 53.0 Å². The molecule has 2 rings (SSSR count). The van der Waals surface area contributed by atoms with Crippen molar-refractivity contribution in [2.75, 3.05) is 31.6 Å². The van der Waals surface area contributed by atoms with Gasteiger partial charge in [0.1, 0.15) is 11.6 Å². The van der Waals surface area contributed by atoms with Crippen molar-refractivity contribution in [3.8, 4) is 0 Å². The molecule has 1 aliphatic heterocycles. The van der Waals surface area contributed by atoms with Crippen LogP contribution in [0.5, 0.6) is 0 Å². The maximum atomic E-state index is 4.61. The fraction of sp³-hybridized carbons (Fsp3) is 0.750. The summed E-state index contributed by atoms with van der Waals surface area (Å²) in [6.45, 7) is 12.1. The molecule has 20 heavy (non-hydrogen) atoms. The van der Waals surface area contributed by atoms with Crippen molar-refractivity contribution in [2.24, 2.45) is 0 Å². The number of rotatable bonds is 5. The van der Waals surface area contributed by atoms with Crippen molar-refractivity contribution in [1.82, 2.24) is 14.9 Å². The predicted molar refractivity (Wildman–Crippen MR) is 84.4 cm³/mol. The van der Waals surface area contributed by atoms with Crippen LogP contribution in [0.1, 0.15) is 43.3 Å². The van der Waals surface area contributed by atoms with Crippen molar-refractivity contribution in [1.29, 1.82) is 0 Å². The highest BCUT2D eigenvalue weighted by molar-refractivity contribution is 5.47. The highest BCUT2D eigenvalue weighted by Gasteiger charge is 2.19. The van der Waals surface area contributed by atoms with Gasteiger partial charge in [-0.1, -0.05) is 0 Å². The summed E-state index contributed by atoms with van der Waals surface area (Å²) < 4.78 is 0. The summed E-state index contributed by atoms with van der Waals surface area (Å²) >= 11 is 0. The van der Waals surface area contributed by atoms with Gasteiger partial charge in [0.25, 0.3) is 0 Å². The summed E-state index contributed by atoms with van der Waals surface area (Å²) in [5.74, 6) is 1.95. The lowest BCUT2D eigenvalue weighted by Gasteiger charge is -2.27. The van der Waals surface area contributed by atoms with Crippen LogP contribution < -0.4 is 4.90 Å². The van der Waals surface area contributed by atoms with E-state index in [1.165, 1.54) is 37.9 Å². The van der Waals surface area contributed by atoms with Gasteiger partial charge < -0.3 is 9.80 Å². The normalized spacial score (nSPS) is 17.4. The molecule has 4 heteroatoms. The molecule has 2 heterocycles. The van der Waals surface area contributed by atoms with Crippen LogP contribution in [0.4, 0.5) is 5.82 Å². The zero-order chi connectivity index (χ0) is 14.7. The number of hydrogen-bond donors (Lipinski definition) is 0. The summed E-state index contributed by atoms with van der Waals surface area (Å²) in [4.78, 5) is 13.9. The van der Waals surface area contributed by atoms with Gasteiger partial charge >= 0.3 is 0 Å². The van der Waals surface area contributed by atoms with E-state index in [1.54, 1.807) is 0 Å². The third-order valence-corrected chi connectivity index (χ3v) is 4.48. The van der Waals surface area contributed by atoms with Crippen LogP contribution in [0.3, 0.4) is 0 Å². The zero-order valence-electron chi connectivity index (χ0n) is 13.6. The van der Waals surface area contributed by atoms with Crippen LogP contribution in [-0.4, -0.2) is 47.6 Å².